The number of benzene rings is 1. The number of nitrogens with two attached hydrogens (primary N) is 1. The van der Waals surface area contributed by atoms with E-state index in [-0.39, 0.29) is 24.2 Å². The van der Waals surface area contributed by atoms with Crippen LogP contribution in [0.2, 0.25) is 5.02 Å². The summed E-state index contributed by atoms with van der Waals surface area (Å²) in [5, 5.41) is 5.88. The molecule has 0 aliphatic carbocycles. The molecular formula is C16H22ClN3O2S. The van der Waals surface area contributed by atoms with Gasteiger partial charge in [-0.05, 0) is 31.0 Å². The zero-order valence-electron chi connectivity index (χ0n) is 13.5. The van der Waals surface area contributed by atoms with Gasteiger partial charge >= 0.3 is 0 Å². The molecule has 0 spiro atoms. The molecule has 7 heteroatoms. The summed E-state index contributed by atoms with van der Waals surface area (Å²) in [7, 11) is 0. The Bertz CT molecular complexity index is 623. The molecule has 4 N–H and O–H groups in total. The lowest BCUT2D eigenvalue weighted by molar-refractivity contribution is -0.125. The zero-order valence-corrected chi connectivity index (χ0v) is 15.1. The van der Waals surface area contributed by atoms with Crippen LogP contribution in [-0.4, -0.2) is 29.1 Å². The van der Waals surface area contributed by atoms with Gasteiger partial charge in [0.1, 0.15) is 0 Å². The van der Waals surface area contributed by atoms with Crippen molar-refractivity contribution in [1.82, 2.24) is 5.32 Å². The lowest BCUT2D eigenvalue weighted by atomic mass is 9.88. The Balaban J connectivity index is 2.05. The van der Waals surface area contributed by atoms with E-state index in [2.05, 4.69) is 10.6 Å². The summed E-state index contributed by atoms with van der Waals surface area (Å²) in [6.07, 6.45) is 0.112. The van der Waals surface area contributed by atoms with Gasteiger partial charge < -0.3 is 16.4 Å². The first kappa shape index (κ1) is 18.1. The van der Waals surface area contributed by atoms with E-state index in [4.69, 9.17) is 17.3 Å². The van der Waals surface area contributed by atoms with Gasteiger partial charge in [0.25, 0.3) is 0 Å². The smallest absolute Gasteiger partial charge is 0.238 e. The van der Waals surface area contributed by atoms with Gasteiger partial charge in [0.15, 0.2) is 0 Å². The van der Waals surface area contributed by atoms with Crippen molar-refractivity contribution < 1.29 is 9.59 Å². The third-order valence-corrected chi connectivity index (χ3v) is 5.77. The number of rotatable bonds is 5. The first-order valence-corrected chi connectivity index (χ1v) is 8.79. The quantitative estimate of drug-likeness (QED) is 0.758. The highest BCUT2D eigenvalue weighted by molar-refractivity contribution is 8.01. The van der Waals surface area contributed by atoms with Crippen molar-refractivity contribution in [1.29, 1.82) is 0 Å². The molecule has 1 heterocycles. The number of nitrogens with one attached hydrogen (secondary N) is 2. The lowest BCUT2D eigenvalue weighted by Crippen LogP contribution is -2.55. The molecule has 1 aliphatic rings. The summed E-state index contributed by atoms with van der Waals surface area (Å²) in [6.45, 7) is 6.28. The summed E-state index contributed by atoms with van der Waals surface area (Å²) in [5.41, 5.74) is 6.00. The highest BCUT2D eigenvalue weighted by atomic mass is 35.5. The molecule has 0 saturated carbocycles. The predicted molar refractivity (Wildman–Crippen MR) is 94.8 cm³/mol. The molecule has 23 heavy (non-hydrogen) atoms. The maximum atomic E-state index is 12.3. The molecule has 0 saturated heterocycles. The minimum Gasteiger partial charge on any atom is -0.349 e. The van der Waals surface area contributed by atoms with Crippen LogP contribution in [0.1, 0.15) is 27.2 Å². The van der Waals surface area contributed by atoms with Crippen molar-refractivity contribution in [2.45, 2.75) is 42.9 Å². The second-order valence-electron chi connectivity index (χ2n) is 6.26. The second kappa shape index (κ2) is 7.11. The summed E-state index contributed by atoms with van der Waals surface area (Å²) in [6, 6.07) is 5.33. The average Bonchev–Trinajstić information content (AvgIpc) is 2.47. The monoisotopic (exact) mass is 355 g/mol. The third-order valence-electron chi connectivity index (χ3n) is 4.26. The van der Waals surface area contributed by atoms with E-state index < -0.39 is 10.8 Å². The van der Waals surface area contributed by atoms with Gasteiger partial charge in [-0.3, -0.25) is 9.59 Å². The van der Waals surface area contributed by atoms with Crippen molar-refractivity contribution >= 4 is 40.9 Å². The number of amides is 2. The standard InChI is InChI=1S/C16H22ClN3O2S/c1-9(2)16(3,8-18)20-14(21)7-13-15(22)19-11-6-10(17)4-5-12(11)23-13/h4-6,9,13H,7-8,18H2,1-3H3,(H,19,22)(H,20,21). The largest absolute Gasteiger partial charge is 0.349 e. The summed E-state index contributed by atoms with van der Waals surface area (Å²) < 4.78 is 0. The summed E-state index contributed by atoms with van der Waals surface area (Å²) in [5.74, 6) is -0.150. The zero-order chi connectivity index (χ0) is 17.2. The van der Waals surface area contributed by atoms with Gasteiger partial charge in [-0.2, -0.15) is 0 Å². The number of anilines is 1. The molecule has 2 unspecified atom stereocenters. The Morgan fingerprint density at radius 3 is 2.83 bits per heavy atom. The van der Waals surface area contributed by atoms with E-state index in [0.717, 1.165) is 4.90 Å². The molecule has 0 fully saturated rings. The third kappa shape index (κ3) is 4.19. The number of halogens is 1. The van der Waals surface area contributed by atoms with E-state index in [1.165, 1.54) is 11.8 Å². The number of hydrogen-bond acceptors (Lipinski definition) is 4. The molecule has 0 aromatic heterocycles. The van der Waals surface area contributed by atoms with Gasteiger partial charge in [-0.15, -0.1) is 11.8 Å². The number of thioether (sulfide) groups is 1. The first-order valence-electron chi connectivity index (χ1n) is 7.53. The lowest BCUT2D eigenvalue weighted by Gasteiger charge is -2.34. The Labute approximate surface area is 145 Å². The molecule has 1 aromatic rings. The second-order valence-corrected chi connectivity index (χ2v) is 7.95. The molecule has 0 radical (unpaired) electrons. The van der Waals surface area contributed by atoms with Crippen LogP contribution in [0.15, 0.2) is 23.1 Å². The van der Waals surface area contributed by atoms with Gasteiger partial charge in [0, 0.05) is 22.9 Å². The topological polar surface area (TPSA) is 84.2 Å². The van der Waals surface area contributed by atoms with Gasteiger partial charge in [0.2, 0.25) is 11.8 Å². The Morgan fingerprint density at radius 2 is 2.22 bits per heavy atom. The summed E-state index contributed by atoms with van der Waals surface area (Å²) >= 11 is 7.31. The minimum atomic E-state index is -0.474. The molecule has 2 amide bonds. The minimum absolute atomic E-state index is 0.112. The van der Waals surface area contributed by atoms with Gasteiger partial charge in [-0.25, -0.2) is 0 Å². The Morgan fingerprint density at radius 1 is 1.52 bits per heavy atom. The Hall–Kier alpha value is -1.24. The van der Waals surface area contributed by atoms with Crippen LogP contribution in [-0.2, 0) is 9.59 Å². The normalized spacial score (nSPS) is 19.7. The number of fused-ring (bicyclic) bond motifs is 1. The van der Waals surface area contributed by atoms with Crippen LogP contribution in [0, 0.1) is 5.92 Å². The Kier molecular flexibility index (Phi) is 5.60. The highest BCUT2D eigenvalue weighted by Gasteiger charge is 2.33. The van der Waals surface area contributed by atoms with Crippen LogP contribution in [0.4, 0.5) is 5.69 Å². The van der Waals surface area contributed by atoms with E-state index >= 15 is 0 Å². The number of carbonyl (C=O) groups is 2. The molecule has 5 nitrogen and oxygen atoms in total. The van der Waals surface area contributed by atoms with E-state index in [9.17, 15) is 9.59 Å². The molecule has 2 rings (SSSR count). The van der Waals surface area contributed by atoms with E-state index in [1.54, 1.807) is 12.1 Å². The molecule has 1 aromatic carbocycles. The summed E-state index contributed by atoms with van der Waals surface area (Å²) in [4.78, 5) is 25.4. The number of carbonyl (C=O) groups excluding carboxylic acids is 2. The highest BCUT2D eigenvalue weighted by Crippen LogP contribution is 2.38. The van der Waals surface area contributed by atoms with Crippen LogP contribution >= 0.6 is 23.4 Å². The fourth-order valence-corrected chi connectivity index (χ4v) is 3.49. The molecule has 1 aliphatic heterocycles. The molecule has 0 bridgehead atoms. The average molecular weight is 356 g/mol. The van der Waals surface area contributed by atoms with Crippen LogP contribution < -0.4 is 16.4 Å². The fourth-order valence-electron chi connectivity index (χ4n) is 2.23. The fraction of sp³-hybridized carbons (Fsp3) is 0.500. The van der Waals surface area contributed by atoms with Crippen molar-refractivity contribution in [2.75, 3.05) is 11.9 Å². The SMILES string of the molecule is CC(C)C(C)(CN)NC(=O)CC1Sc2ccc(Cl)cc2NC1=O. The van der Waals surface area contributed by atoms with Crippen molar-refractivity contribution in [3.05, 3.63) is 23.2 Å². The van der Waals surface area contributed by atoms with E-state index in [1.807, 2.05) is 26.8 Å². The van der Waals surface area contributed by atoms with Crippen molar-refractivity contribution in [2.24, 2.45) is 11.7 Å². The maximum Gasteiger partial charge on any atom is 0.238 e. The first-order chi connectivity index (χ1) is 10.7. The van der Waals surface area contributed by atoms with Crippen molar-refractivity contribution in [3.8, 4) is 0 Å². The molecule has 126 valence electrons. The van der Waals surface area contributed by atoms with E-state index in [0.29, 0.717) is 17.3 Å². The van der Waals surface area contributed by atoms with Crippen molar-refractivity contribution in [3.63, 3.8) is 0 Å². The number of hydrogen-bond donors (Lipinski definition) is 3. The van der Waals surface area contributed by atoms with Crippen LogP contribution in [0.5, 0.6) is 0 Å². The van der Waals surface area contributed by atoms with Gasteiger partial charge in [0.05, 0.1) is 16.5 Å². The van der Waals surface area contributed by atoms with Crippen LogP contribution in [0.25, 0.3) is 0 Å². The predicted octanol–water partition coefficient (Wildman–Crippen LogP) is 2.63. The molecule has 2 atom stereocenters. The molecular weight excluding hydrogens is 334 g/mol. The maximum absolute atomic E-state index is 12.3. The van der Waals surface area contributed by atoms with Crippen LogP contribution in [0.3, 0.4) is 0 Å². The van der Waals surface area contributed by atoms with Gasteiger partial charge in [-0.1, -0.05) is 25.4 Å².